The molecule has 0 aromatic rings. The van der Waals surface area contributed by atoms with Crippen LogP contribution in [0.25, 0.3) is 0 Å². The Morgan fingerprint density at radius 3 is 2.23 bits per heavy atom. The minimum Gasteiger partial charge on any atom is -0.481 e. The van der Waals surface area contributed by atoms with Gasteiger partial charge in [0.2, 0.25) is 0 Å². The Morgan fingerprint density at radius 1 is 1.31 bits per heavy atom. The molecule has 3 heteroatoms. The van der Waals surface area contributed by atoms with Gasteiger partial charge in [0.15, 0.2) is 0 Å². The molecule has 0 saturated heterocycles. The quantitative estimate of drug-likeness (QED) is 0.620. The molecule has 1 fully saturated rings. The van der Waals surface area contributed by atoms with E-state index in [-0.39, 0.29) is 5.41 Å². The van der Waals surface area contributed by atoms with Crippen molar-refractivity contribution in [1.82, 2.24) is 0 Å². The lowest BCUT2D eigenvalue weighted by Crippen LogP contribution is -2.41. The number of carbonyl (C=O) groups is 1. The Bertz CT molecular complexity index is 316. The lowest BCUT2D eigenvalue weighted by atomic mass is 9.59. The van der Waals surface area contributed by atoms with Crippen molar-refractivity contribution in [1.29, 1.82) is 5.26 Å². The van der Waals surface area contributed by atoms with Gasteiger partial charge in [-0.05, 0) is 25.7 Å². The van der Waals surface area contributed by atoms with Crippen molar-refractivity contribution >= 4 is 5.97 Å². The van der Waals surface area contributed by atoms with Crippen molar-refractivity contribution in [3.05, 3.63) is 12.2 Å². The maximum absolute atomic E-state index is 11.0. The normalized spacial score (nSPS) is 41.5. The lowest BCUT2D eigenvalue weighted by Gasteiger charge is -2.42. The summed E-state index contributed by atoms with van der Waals surface area (Å²) in [5, 5.41) is 18.0. The highest BCUT2D eigenvalue weighted by Crippen LogP contribution is 2.51. The van der Waals surface area contributed by atoms with E-state index in [1.807, 2.05) is 0 Å². The van der Waals surface area contributed by atoms with Crippen LogP contribution in [0, 0.1) is 22.2 Å². The summed E-state index contributed by atoms with van der Waals surface area (Å²) in [7, 11) is 0. The zero-order valence-corrected chi connectivity index (χ0v) is 7.29. The lowest BCUT2D eigenvalue weighted by molar-refractivity contribution is -0.149. The number of nitriles is 1. The number of rotatable bonds is 1. The predicted octanol–water partition coefficient (Wildman–Crippen LogP) is 1.71. The van der Waals surface area contributed by atoms with Gasteiger partial charge < -0.3 is 5.11 Å². The van der Waals surface area contributed by atoms with Gasteiger partial charge in [-0.3, -0.25) is 4.79 Å². The highest BCUT2D eigenvalue weighted by molar-refractivity contribution is 5.78. The van der Waals surface area contributed by atoms with E-state index in [1.54, 1.807) is 12.2 Å². The summed E-state index contributed by atoms with van der Waals surface area (Å²) in [5.74, 6) is -0.741. The first kappa shape index (κ1) is 8.31. The summed E-state index contributed by atoms with van der Waals surface area (Å²) in [6.07, 6.45) is 6.16. The number of nitrogens with zero attached hydrogens (tertiary/aromatic N) is 1. The molecular formula is C10H11NO2. The molecule has 0 unspecified atom stereocenters. The van der Waals surface area contributed by atoms with Gasteiger partial charge in [-0.25, -0.2) is 0 Å². The van der Waals surface area contributed by atoms with Gasteiger partial charge in [0, 0.05) is 0 Å². The molecule has 0 radical (unpaired) electrons. The van der Waals surface area contributed by atoms with Crippen molar-refractivity contribution in [2.45, 2.75) is 25.7 Å². The average molecular weight is 177 g/mol. The van der Waals surface area contributed by atoms with Crippen LogP contribution in [0.4, 0.5) is 0 Å². The minimum absolute atomic E-state index is 0.350. The molecule has 0 aromatic carbocycles. The van der Waals surface area contributed by atoms with Crippen LogP contribution in [0.3, 0.4) is 0 Å². The molecule has 1 saturated carbocycles. The van der Waals surface area contributed by atoms with Crippen LogP contribution in [-0.4, -0.2) is 11.1 Å². The van der Waals surface area contributed by atoms with Gasteiger partial charge in [0.05, 0.1) is 16.9 Å². The smallest absolute Gasteiger partial charge is 0.313 e. The number of carboxylic acids is 1. The Hall–Kier alpha value is -1.30. The largest absolute Gasteiger partial charge is 0.481 e. The van der Waals surface area contributed by atoms with Crippen LogP contribution >= 0.6 is 0 Å². The summed E-state index contributed by atoms with van der Waals surface area (Å²) in [6.45, 7) is 0. The fraction of sp³-hybridized carbons (Fsp3) is 0.600. The minimum atomic E-state index is -0.741. The van der Waals surface area contributed by atoms with Gasteiger partial charge in [-0.2, -0.15) is 5.26 Å². The van der Waals surface area contributed by atoms with E-state index in [9.17, 15) is 4.79 Å². The molecule has 2 bridgehead atoms. The summed E-state index contributed by atoms with van der Waals surface area (Å²) < 4.78 is 0. The van der Waals surface area contributed by atoms with Crippen molar-refractivity contribution in [2.75, 3.05) is 0 Å². The van der Waals surface area contributed by atoms with Crippen molar-refractivity contribution in [3.8, 4) is 6.07 Å². The van der Waals surface area contributed by atoms with Crippen LogP contribution in [0.2, 0.25) is 0 Å². The summed E-state index contributed by atoms with van der Waals surface area (Å²) >= 11 is 0. The standard InChI is InChI=1S/C10H11NO2/c11-7-9-1-4-10(5-2-9,6-3-9)8(12)13/h1,4H,2-3,5-6H2,(H,12,13). The predicted molar refractivity (Wildman–Crippen MR) is 45.7 cm³/mol. The molecule has 0 spiro atoms. The van der Waals surface area contributed by atoms with Crippen LogP contribution < -0.4 is 0 Å². The van der Waals surface area contributed by atoms with E-state index in [0.717, 1.165) is 0 Å². The van der Waals surface area contributed by atoms with Crippen LogP contribution in [0.5, 0.6) is 0 Å². The highest BCUT2D eigenvalue weighted by Gasteiger charge is 2.49. The van der Waals surface area contributed by atoms with E-state index in [2.05, 4.69) is 6.07 Å². The molecule has 1 N–H and O–H groups in total. The molecule has 68 valence electrons. The summed E-state index contributed by atoms with van der Waals surface area (Å²) in [6, 6.07) is 2.28. The molecule has 3 nitrogen and oxygen atoms in total. The Labute approximate surface area is 76.7 Å². The number of allylic oxidation sites excluding steroid dienone is 1. The van der Waals surface area contributed by atoms with Gasteiger partial charge >= 0.3 is 5.97 Å². The zero-order chi connectivity index (χ0) is 9.53. The van der Waals surface area contributed by atoms with E-state index < -0.39 is 11.4 Å². The van der Waals surface area contributed by atoms with Crippen LogP contribution in [-0.2, 0) is 4.79 Å². The topological polar surface area (TPSA) is 61.1 Å². The second kappa shape index (κ2) is 2.35. The molecule has 3 aliphatic carbocycles. The van der Waals surface area contributed by atoms with Crippen molar-refractivity contribution in [3.63, 3.8) is 0 Å². The fourth-order valence-corrected chi connectivity index (χ4v) is 2.23. The molecule has 3 rings (SSSR count). The van der Waals surface area contributed by atoms with Gasteiger partial charge in [-0.15, -0.1) is 0 Å². The first-order valence-corrected chi connectivity index (χ1v) is 4.48. The van der Waals surface area contributed by atoms with E-state index in [4.69, 9.17) is 10.4 Å². The van der Waals surface area contributed by atoms with Gasteiger partial charge in [0.1, 0.15) is 0 Å². The zero-order valence-electron chi connectivity index (χ0n) is 7.29. The van der Waals surface area contributed by atoms with E-state index in [1.165, 1.54) is 0 Å². The molecule has 0 atom stereocenters. The third-order valence-electron chi connectivity index (χ3n) is 3.40. The number of aliphatic carboxylic acids is 1. The monoisotopic (exact) mass is 177 g/mol. The first-order chi connectivity index (χ1) is 6.13. The summed E-state index contributed by atoms with van der Waals surface area (Å²) in [4.78, 5) is 11.0. The van der Waals surface area contributed by atoms with Crippen molar-refractivity contribution < 1.29 is 9.90 Å². The number of hydrogen-bond donors (Lipinski definition) is 1. The highest BCUT2D eigenvalue weighted by atomic mass is 16.4. The molecule has 3 aliphatic rings. The molecule has 0 amide bonds. The SMILES string of the molecule is N#CC12C=CC(C(=O)O)(CC1)CC2. The average Bonchev–Trinajstić information content (AvgIpc) is 2.20. The molecule has 13 heavy (non-hydrogen) atoms. The third kappa shape index (κ3) is 0.983. The molecule has 0 heterocycles. The fourth-order valence-electron chi connectivity index (χ4n) is 2.23. The van der Waals surface area contributed by atoms with Crippen LogP contribution in [0.15, 0.2) is 12.2 Å². The molecular weight excluding hydrogens is 166 g/mol. The van der Waals surface area contributed by atoms with Crippen LogP contribution in [0.1, 0.15) is 25.7 Å². The molecule has 0 aliphatic heterocycles. The van der Waals surface area contributed by atoms with Gasteiger partial charge in [-0.1, -0.05) is 12.2 Å². The molecule has 0 aromatic heterocycles. The maximum atomic E-state index is 11.0. The van der Waals surface area contributed by atoms with E-state index >= 15 is 0 Å². The third-order valence-corrected chi connectivity index (χ3v) is 3.40. The summed E-state index contributed by atoms with van der Waals surface area (Å²) in [5.41, 5.74) is -1.00. The number of carboxylic acid groups (broad SMARTS) is 1. The number of hydrogen-bond acceptors (Lipinski definition) is 2. The number of fused-ring (bicyclic) bond motifs is 2. The Morgan fingerprint density at radius 2 is 1.92 bits per heavy atom. The van der Waals surface area contributed by atoms with E-state index in [0.29, 0.717) is 25.7 Å². The van der Waals surface area contributed by atoms with Gasteiger partial charge in [0.25, 0.3) is 0 Å². The first-order valence-electron chi connectivity index (χ1n) is 4.48. The Kier molecular flexibility index (Phi) is 1.50. The second-order valence-corrected chi connectivity index (χ2v) is 4.06. The Balaban J connectivity index is 2.37. The maximum Gasteiger partial charge on any atom is 0.313 e. The van der Waals surface area contributed by atoms with Crippen molar-refractivity contribution in [2.24, 2.45) is 10.8 Å². The second-order valence-electron chi connectivity index (χ2n) is 4.06.